The van der Waals surface area contributed by atoms with E-state index < -0.39 is 12.8 Å². The van der Waals surface area contributed by atoms with E-state index in [0.717, 1.165) is 0 Å². The summed E-state index contributed by atoms with van der Waals surface area (Å²) in [6.45, 7) is -1.36. The zero-order chi connectivity index (χ0) is 12.2. The molecule has 5 heteroatoms. The molecule has 0 fully saturated rings. The lowest BCUT2D eigenvalue weighted by Crippen LogP contribution is -2.19. The Morgan fingerprint density at radius 1 is 1.31 bits per heavy atom. The van der Waals surface area contributed by atoms with Gasteiger partial charge in [0.1, 0.15) is 0 Å². The van der Waals surface area contributed by atoms with E-state index in [1.54, 1.807) is 0 Å². The van der Waals surface area contributed by atoms with Gasteiger partial charge in [0.25, 0.3) is 0 Å². The van der Waals surface area contributed by atoms with Crippen LogP contribution >= 0.6 is 0 Å². The molecule has 0 aliphatic heterocycles. The molecule has 0 atom stereocenters. The van der Waals surface area contributed by atoms with Crippen molar-refractivity contribution in [3.8, 4) is 23.8 Å². The first-order valence-electron chi connectivity index (χ1n) is 4.30. The molecule has 0 spiro atoms. The second-order valence-corrected chi connectivity index (χ2v) is 2.91. The van der Waals surface area contributed by atoms with Crippen molar-refractivity contribution in [3.63, 3.8) is 0 Å². The Balaban J connectivity index is 2.85. The Kier molecular flexibility index (Phi) is 3.67. The Bertz CT molecular complexity index is 405. The second-order valence-electron chi connectivity index (χ2n) is 2.91. The van der Waals surface area contributed by atoms with Gasteiger partial charge in [0.05, 0.1) is 7.11 Å². The number of benzene rings is 1. The third-order valence-corrected chi connectivity index (χ3v) is 1.72. The Hall–Kier alpha value is -1.83. The number of hydrogen-bond acceptors (Lipinski definition) is 2. The number of hydrogen-bond donors (Lipinski definition) is 0. The van der Waals surface area contributed by atoms with Crippen LogP contribution in [0.3, 0.4) is 0 Å². The summed E-state index contributed by atoms with van der Waals surface area (Å²) in [5, 5.41) is 0. The zero-order valence-electron chi connectivity index (χ0n) is 8.47. The molecular formula is C11H9F3O2. The highest BCUT2D eigenvalue weighted by Crippen LogP contribution is 2.29. The highest BCUT2D eigenvalue weighted by molar-refractivity contribution is 5.47. The van der Waals surface area contributed by atoms with Gasteiger partial charge in [-0.05, 0) is 18.2 Å². The molecule has 1 aromatic carbocycles. The predicted molar refractivity (Wildman–Crippen MR) is 52.5 cm³/mol. The van der Waals surface area contributed by atoms with Crippen molar-refractivity contribution in [2.24, 2.45) is 0 Å². The maximum atomic E-state index is 11.9. The first-order chi connectivity index (χ1) is 7.46. The van der Waals surface area contributed by atoms with Crippen LogP contribution in [0.4, 0.5) is 13.2 Å². The van der Waals surface area contributed by atoms with Crippen LogP contribution in [-0.4, -0.2) is 19.9 Å². The van der Waals surface area contributed by atoms with Crippen molar-refractivity contribution in [2.75, 3.05) is 13.7 Å². The summed E-state index contributed by atoms with van der Waals surface area (Å²) in [7, 11) is 1.33. The van der Waals surface area contributed by atoms with Crippen molar-refractivity contribution >= 4 is 0 Å². The molecule has 0 saturated heterocycles. The van der Waals surface area contributed by atoms with Crippen molar-refractivity contribution in [1.29, 1.82) is 0 Å². The van der Waals surface area contributed by atoms with Gasteiger partial charge >= 0.3 is 6.18 Å². The van der Waals surface area contributed by atoms with E-state index in [4.69, 9.17) is 11.2 Å². The van der Waals surface area contributed by atoms with Gasteiger partial charge in [-0.1, -0.05) is 5.92 Å². The molecule has 0 unspecified atom stereocenters. The molecule has 0 aliphatic rings. The Labute approximate surface area is 91.0 Å². The van der Waals surface area contributed by atoms with Gasteiger partial charge in [0.15, 0.2) is 18.1 Å². The van der Waals surface area contributed by atoms with E-state index in [2.05, 4.69) is 10.7 Å². The van der Waals surface area contributed by atoms with Crippen molar-refractivity contribution in [2.45, 2.75) is 6.18 Å². The van der Waals surface area contributed by atoms with Crippen LogP contribution in [0.2, 0.25) is 0 Å². The lowest BCUT2D eigenvalue weighted by Gasteiger charge is -2.12. The van der Waals surface area contributed by atoms with Gasteiger partial charge in [-0.2, -0.15) is 13.2 Å². The fourth-order valence-electron chi connectivity index (χ4n) is 1.04. The molecule has 0 heterocycles. The van der Waals surface area contributed by atoms with E-state index in [1.165, 1.54) is 25.3 Å². The number of alkyl halides is 3. The molecule has 2 nitrogen and oxygen atoms in total. The average molecular weight is 230 g/mol. The van der Waals surface area contributed by atoms with Crippen LogP contribution in [0, 0.1) is 12.3 Å². The number of rotatable bonds is 3. The molecule has 0 aromatic heterocycles. The van der Waals surface area contributed by atoms with Crippen LogP contribution in [0.5, 0.6) is 11.5 Å². The lowest BCUT2D eigenvalue weighted by molar-refractivity contribution is -0.153. The lowest BCUT2D eigenvalue weighted by atomic mass is 10.2. The van der Waals surface area contributed by atoms with Crippen LogP contribution in [0.1, 0.15) is 5.56 Å². The summed E-state index contributed by atoms with van der Waals surface area (Å²) >= 11 is 0. The third kappa shape index (κ3) is 3.39. The number of methoxy groups -OCH3 is 1. The molecule has 0 aliphatic carbocycles. The van der Waals surface area contributed by atoms with Gasteiger partial charge in [-0.25, -0.2) is 0 Å². The normalized spacial score (nSPS) is 10.7. The smallest absolute Gasteiger partial charge is 0.422 e. The van der Waals surface area contributed by atoms with Gasteiger partial charge in [0.2, 0.25) is 0 Å². The minimum atomic E-state index is -4.38. The monoisotopic (exact) mass is 230 g/mol. The fourth-order valence-corrected chi connectivity index (χ4v) is 1.04. The minimum Gasteiger partial charge on any atom is -0.493 e. The largest absolute Gasteiger partial charge is 0.493 e. The second kappa shape index (κ2) is 4.79. The SMILES string of the molecule is C#Cc1ccc(OCC(F)(F)F)c(OC)c1. The topological polar surface area (TPSA) is 18.5 Å². The Morgan fingerprint density at radius 3 is 2.50 bits per heavy atom. The van der Waals surface area contributed by atoms with Crippen LogP contribution in [-0.2, 0) is 0 Å². The molecule has 0 amide bonds. The number of ether oxygens (including phenoxy) is 2. The molecule has 1 aromatic rings. The number of halogens is 3. The van der Waals surface area contributed by atoms with Crippen molar-refractivity contribution in [1.82, 2.24) is 0 Å². The molecular weight excluding hydrogens is 221 g/mol. The van der Waals surface area contributed by atoms with Crippen molar-refractivity contribution < 1.29 is 22.6 Å². The van der Waals surface area contributed by atoms with Gasteiger partial charge in [-0.15, -0.1) is 6.42 Å². The summed E-state index contributed by atoms with van der Waals surface area (Å²) in [4.78, 5) is 0. The van der Waals surface area contributed by atoms with Crippen LogP contribution < -0.4 is 9.47 Å². The minimum absolute atomic E-state index is 0.0128. The average Bonchev–Trinajstić information content (AvgIpc) is 2.25. The molecule has 0 saturated carbocycles. The van der Waals surface area contributed by atoms with Gasteiger partial charge in [-0.3, -0.25) is 0 Å². The van der Waals surface area contributed by atoms with E-state index in [9.17, 15) is 13.2 Å². The van der Waals surface area contributed by atoms with E-state index in [-0.39, 0.29) is 11.5 Å². The fraction of sp³-hybridized carbons (Fsp3) is 0.273. The first-order valence-corrected chi connectivity index (χ1v) is 4.30. The highest BCUT2D eigenvalue weighted by Gasteiger charge is 2.28. The van der Waals surface area contributed by atoms with E-state index in [0.29, 0.717) is 5.56 Å². The van der Waals surface area contributed by atoms with E-state index in [1.807, 2.05) is 0 Å². The van der Waals surface area contributed by atoms with Gasteiger partial charge in [0, 0.05) is 5.56 Å². The molecule has 0 radical (unpaired) electrons. The van der Waals surface area contributed by atoms with E-state index >= 15 is 0 Å². The molecule has 1 rings (SSSR count). The summed E-state index contributed by atoms with van der Waals surface area (Å²) in [5.41, 5.74) is 0.510. The molecule has 0 bridgehead atoms. The maximum absolute atomic E-state index is 11.9. The number of terminal acetylenes is 1. The Morgan fingerprint density at radius 2 is 2.00 bits per heavy atom. The van der Waals surface area contributed by atoms with Crippen LogP contribution in [0.15, 0.2) is 18.2 Å². The maximum Gasteiger partial charge on any atom is 0.422 e. The summed E-state index contributed by atoms with van der Waals surface area (Å²) in [6.07, 6.45) is 0.761. The van der Waals surface area contributed by atoms with Crippen LogP contribution in [0.25, 0.3) is 0 Å². The quantitative estimate of drug-likeness (QED) is 0.743. The summed E-state index contributed by atoms with van der Waals surface area (Å²) < 4.78 is 45.2. The molecule has 0 N–H and O–H groups in total. The van der Waals surface area contributed by atoms with Gasteiger partial charge < -0.3 is 9.47 Å². The standard InChI is InChI=1S/C11H9F3O2/c1-3-8-4-5-9(10(6-8)15-2)16-7-11(12,13)14/h1,4-6H,7H2,2H3. The predicted octanol–water partition coefficient (Wildman–Crippen LogP) is 2.62. The zero-order valence-corrected chi connectivity index (χ0v) is 8.47. The molecule has 16 heavy (non-hydrogen) atoms. The first kappa shape index (κ1) is 12.2. The highest BCUT2D eigenvalue weighted by atomic mass is 19.4. The summed E-state index contributed by atoms with van der Waals surface area (Å²) in [5.74, 6) is 2.54. The third-order valence-electron chi connectivity index (χ3n) is 1.72. The molecule has 86 valence electrons. The summed E-state index contributed by atoms with van der Waals surface area (Å²) in [6, 6.07) is 4.26. The van der Waals surface area contributed by atoms with Crippen molar-refractivity contribution in [3.05, 3.63) is 23.8 Å².